The third-order valence-electron chi connectivity index (χ3n) is 4.51. The molecule has 0 aromatic heterocycles. The number of likely N-dealkylation sites (tertiary alicyclic amines) is 1. The van der Waals surface area contributed by atoms with Gasteiger partial charge in [0, 0.05) is 12.1 Å². The zero-order chi connectivity index (χ0) is 15.4. The van der Waals surface area contributed by atoms with E-state index >= 15 is 0 Å². The average molecular weight is 301 g/mol. The van der Waals surface area contributed by atoms with Crippen LogP contribution in [0.3, 0.4) is 0 Å². The van der Waals surface area contributed by atoms with Gasteiger partial charge in [-0.2, -0.15) is 0 Å². The van der Waals surface area contributed by atoms with Crippen LogP contribution in [0.25, 0.3) is 0 Å². The molecule has 1 aliphatic rings. The van der Waals surface area contributed by atoms with Crippen molar-refractivity contribution in [3.63, 3.8) is 0 Å². The van der Waals surface area contributed by atoms with Crippen LogP contribution in [0.1, 0.15) is 24.0 Å². The molecule has 0 atom stereocenters. The fraction of sp³-hybridized carbons (Fsp3) is 0.368. The smallest absolute Gasteiger partial charge is 0.129 e. The maximum absolute atomic E-state index is 13.7. The van der Waals surface area contributed by atoms with Crippen LogP contribution in [0.2, 0.25) is 0 Å². The summed E-state index contributed by atoms with van der Waals surface area (Å²) in [5, 5.41) is 0. The highest BCUT2D eigenvalue weighted by Gasteiger charge is 2.22. The quantitative estimate of drug-likeness (QED) is 0.808. The highest BCUT2D eigenvalue weighted by Crippen LogP contribution is 2.25. The monoisotopic (exact) mass is 301 g/mol. The van der Waals surface area contributed by atoms with Crippen molar-refractivity contribution in [3.05, 3.63) is 71.3 Å². The van der Waals surface area contributed by atoms with E-state index in [9.17, 15) is 8.78 Å². The molecule has 3 heteroatoms. The van der Waals surface area contributed by atoms with Gasteiger partial charge >= 0.3 is 0 Å². The minimum absolute atomic E-state index is 0.254. The molecule has 22 heavy (non-hydrogen) atoms. The molecule has 2 aromatic carbocycles. The topological polar surface area (TPSA) is 3.24 Å². The Hall–Kier alpha value is -1.74. The summed E-state index contributed by atoms with van der Waals surface area (Å²) >= 11 is 0. The summed E-state index contributed by atoms with van der Waals surface area (Å²) in [4.78, 5) is 2.42. The van der Waals surface area contributed by atoms with Gasteiger partial charge < -0.3 is 0 Å². The van der Waals surface area contributed by atoms with Crippen LogP contribution < -0.4 is 0 Å². The molecule has 0 spiro atoms. The van der Waals surface area contributed by atoms with Gasteiger partial charge in [0.2, 0.25) is 0 Å². The Bertz CT molecular complexity index is 584. The normalized spacial score (nSPS) is 16.8. The highest BCUT2D eigenvalue weighted by atomic mass is 19.1. The van der Waals surface area contributed by atoms with Gasteiger partial charge in [-0.3, -0.25) is 4.90 Å². The van der Waals surface area contributed by atoms with Crippen LogP contribution in [0.15, 0.2) is 48.5 Å². The van der Waals surface area contributed by atoms with E-state index in [1.807, 2.05) is 6.07 Å². The summed E-state index contributed by atoms with van der Waals surface area (Å²) < 4.78 is 27.4. The Morgan fingerprint density at radius 2 is 1.50 bits per heavy atom. The van der Waals surface area contributed by atoms with E-state index < -0.39 is 11.6 Å². The predicted molar refractivity (Wildman–Crippen MR) is 84.5 cm³/mol. The fourth-order valence-corrected chi connectivity index (χ4v) is 3.21. The molecule has 1 fully saturated rings. The molecule has 0 bridgehead atoms. The lowest BCUT2D eigenvalue weighted by atomic mass is 9.89. The number of piperidine rings is 1. The number of hydrogen-bond donors (Lipinski definition) is 0. The fourth-order valence-electron chi connectivity index (χ4n) is 3.21. The van der Waals surface area contributed by atoms with Gasteiger partial charge in [0.15, 0.2) is 0 Å². The Balaban J connectivity index is 1.54. The molecule has 0 radical (unpaired) electrons. The molecule has 0 aliphatic carbocycles. The van der Waals surface area contributed by atoms with Crippen LogP contribution in [0, 0.1) is 17.6 Å². The minimum Gasteiger partial charge on any atom is -0.299 e. The molecule has 116 valence electrons. The summed E-state index contributed by atoms with van der Waals surface area (Å²) in [6.45, 7) is 2.95. The van der Waals surface area contributed by atoms with Crippen LogP contribution in [0.5, 0.6) is 0 Å². The molecule has 1 nitrogen and oxygen atoms in total. The number of benzene rings is 2. The van der Waals surface area contributed by atoms with Crippen molar-refractivity contribution in [2.75, 3.05) is 13.1 Å². The average Bonchev–Trinajstić information content (AvgIpc) is 2.54. The molecule has 3 rings (SSSR count). The number of hydrogen-bond acceptors (Lipinski definition) is 1. The van der Waals surface area contributed by atoms with Gasteiger partial charge in [-0.25, -0.2) is 8.78 Å². The third-order valence-corrected chi connectivity index (χ3v) is 4.51. The first kappa shape index (κ1) is 15.2. The third kappa shape index (κ3) is 3.72. The van der Waals surface area contributed by atoms with Gasteiger partial charge in [0.1, 0.15) is 11.6 Å². The van der Waals surface area contributed by atoms with Gasteiger partial charge in [0.05, 0.1) is 0 Å². The molecule has 1 heterocycles. The Morgan fingerprint density at radius 3 is 2.14 bits per heavy atom. The van der Waals surface area contributed by atoms with Crippen LogP contribution >= 0.6 is 0 Å². The molecule has 2 aromatic rings. The van der Waals surface area contributed by atoms with Crippen molar-refractivity contribution in [2.45, 2.75) is 25.8 Å². The van der Waals surface area contributed by atoms with Crippen molar-refractivity contribution in [1.82, 2.24) is 4.90 Å². The number of halogens is 2. The number of rotatable bonds is 4. The van der Waals surface area contributed by atoms with E-state index in [0.717, 1.165) is 32.5 Å². The molecule has 0 N–H and O–H groups in total. The highest BCUT2D eigenvalue weighted by molar-refractivity contribution is 5.20. The van der Waals surface area contributed by atoms with E-state index in [0.29, 0.717) is 12.3 Å². The van der Waals surface area contributed by atoms with E-state index in [2.05, 4.69) is 29.2 Å². The lowest BCUT2D eigenvalue weighted by molar-refractivity contribution is 0.176. The maximum atomic E-state index is 13.7. The van der Waals surface area contributed by atoms with Crippen molar-refractivity contribution >= 4 is 0 Å². The van der Waals surface area contributed by atoms with Gasteiger partial charge in [-0.05, 0) is 56.0 Å². The predicted octanol–water partition coefficient (Wildman–Crippen LogP) is 4.42. The Morgan fingerprint density at radius 1 is 0.864 bits per heavy atom. The Kier molecular flexibility index (Phi) is 4.84. The largest absolute Gasteiger partial charge is 0.299 e. The van der Waals surface area contributed by atoms with Crippen LogP contribution in [0.4, 0.5) is 8.78 Å². The first-order valence-corrected chi connectivity index (χ1v) is 7.91. The second kappa shape index (κ2) is 7.01. The lowest BCUT2D eigenvalue weighted by Gasteiger charge is -2.32. The number of nitrogens with zero attached hydrogens (tertiary/aromatic N) is 1. The van der Waals surface area contributed by atoms with Crippen LogP contribution in [-0.2, 0) is 13.0 Å². The summed E-state index contributed by atoms with van der Waals surface area (Å²) in [6.07, 6.45) is 2.51. The molecular formula is C19H21F2N. The summed E-state index contributed by atoms with van der Waals surface area (Å²) in [6, 6.07) is 14.6. The molecule has 0 unspecified atom stereocenters. The molecule has 1 saturated heterocycles. The molecule has 1 aliphatic heterocycles. The van der Waals surface area contributed by atoms with Crippen molar-refractivity contribution in [2.24, 2.45) is 5.92 Å². The summed E-state index contributed by atoms with van der Waals surface area (Å²) in [7, 11) is 0. The summed E-state index contributed by atoms with van der Waals surface area (Å²) in [5.74, 6) is -0.447. The van der Waals surface area contributed by atoms with Crippen molar-refractivity contribution < 1.29 is 8.78 Å². The molecule has 0 amide bonds. The molecular weight excluding hydrogens is 280 g/mol. The second-order valence-corrected chi connectivity index (χ2v) is 6.11. The van der Waals surface area contributed by atoms with E-state index in [1.165, 1.54) is 23.8 Å². The van der Waals surface area contributed by atoms with Crippen LogP contribution in [-0.4, -0.2) is 18.0 Å². The van der Waals surface area contributed by atoms with E-state index in [1.54, 1.807) is 0 Å². The van der Waals surface area contributed by atoms with E-state index in [-0.39, 0.29) is 5.56 Å². The molecule has 0 saturated carbocycles. The van der Waals surface area contributed by atoms with Crippen molar-refractivity contribution in [1.29, 1.82) is 0 Å². The SMILES string of the molecule is Fc1cccc(F)c1CC1CCN(Cc2ccccc2)CC1. The van der Waals surface area contributed by atoms with Gasteiger partial charge in [-0.15, -0.1) is 0 Å². The summed E-state index contributed by atoms with van der Waals surface area (Å²) in [5.41, 5.74) is 1.57. The minimum atomic E-state index is -0.410. The standard InChI is InChI=1S/C19H21F2N/c20-18-7-4-8-19(21)17(18)13-15-9-11-22(12-10-15)14-16-5-2-1-3-6-16/h1-8,15H,9-14H2. The van der Waals surface area contributed by atoms with Gasteiger partial charge in [-0.1, -0.05) is 36.4 Å². The Labute approximate surface area is 130 Å². The van der Waals surface area contributed by atoms with Crippen molar-refractivity contribution in [3.8, 4) is 0 Å². The van der Waals surface area contributed by atoms with Gasteiger partial charge in [0.25, 0.3) is 0 Å². The zero-order valence-corrected chi connectivity index (χ0v) is 12.6. The van der Waals surface area contributed by atoms with E-state index in [4.69, 9.17) is 0 Å². The first-order chi connectivity index (χ1) is 10.7. The zero-order valence-electron chi connectivity index (χ0n) is 12.6. The second-order valence-electron chi connectivity index (χ2n) is 6.11. The lowest BCUT2D eigenvalue weighted by Crippen LogP contribution is -2.34. The first-order valence-electron chi connectivity index (χ1n) is 7.91. The maximum Gasteiger partial charge on any atom is 0.129 e.